The summed E-state index contributed by atoms with van der Waals surface area (Å²) >= 11 is 8.56. The van der Waals surface area contributed by atoms with Gasteiger partial charge in [0.1, 0.15) is 4.83 Å². The van der Waals surface area contributed by atoms with E-state index in [1.807, 2.05) is 30.3 Å². The fourth-order valence-corrected chi connectivity index (χ4v) is 8.03. The van der Waals surface area contributed by atoms with Gasteiger partial charge in [0.05, 0.1) is 27.4 Å². The van der Waals surface area contributed by atoms with Crippen LogP contribution in [0.1, 0.15) is 50.6 Å². The van der Waals surface area contributed by atoms with Crippen LogP contribution in [0.5, 0.6) is 0 Å². The number of Topliss-reactive ketones (excluding diaryl/α,β-unsaturated/α-hetero) is 1. The highest BCUT2D eigenvalue weighted by molar-refractivity contribution is 7.99. The SMILES string of the molecule is Cc1cc(C(=O)CSc2nc3sc4c(c3c(=O)n2-c2ccccc2)CCCC4)c(C)n1-c1ccc(Cl)c(C(F)(F)F)c1. The lowest BCUT2D eigenvalue weighted by Gasteiger charge is -2.15. The summed E-state index contributed by atoms with van der Waals surface area (Å²) in [5, 5.41) is 0.702. The number of aryl methyl sites for hydroxylation is 3. The smallest absolute Gasteiger partial charge is 0.318 e. The summed E-state index contributed by atoms with van der Waals surface area (Å²) in [6.07, 6.45) is -0.674. The first-order valence-corrected chi connectivity index (χ1v) is 15.6. The summed E-state index contributed by atoms with van der Waals surface area (Å²) < 4.78 is 43.7. The van der Waals surface area contributed by atoms with E-state index in [1.165, 1.54) is 28.8 Å². The lowest BCUT2D eigenvalue weighted by atomic mass is 9.97. The van der Waals surface area contributed by atoms with Crippen molar-refractivity contribution in [3.05, 3.63) is 103 Å². The van der Waals surface area contributed by atoms with E-state index < -0.39 is 11.7 Å². The van der Waals surface area contributed by atoms with E-state index in [2.05, 4.69) is 0 Å². The quantitative estimate of drug-likeness (QED) is 0.108. The van der Waals surface area contributed by atoms with Gasteiger partial charge in [-0.1, -0.05) is 41.6 Å². The van der Waals surface area contributed by atoms with Crippen LogP contribution in [0.25, 0.3) is 21.6 Å². The molecule has 0 atom stereocenters. The predicted molar refractivity (Wildman–Crippen MR) is 162 cm³/mol. The maximum Gasteiger partial charge on any atom is 0.417 e. The lowest BCUT2D eigenvalue weighted by Crippen LogP contribution is -2.22. The molecule has 1 aliphatic carbocycles. The van der Waals surface area contributed by atoms with Gasteiger partial charge in [-0.3, -0.25) is 14.2 Å². The Morgan fingerprint density at radius 1 is 1.02 bits per heavy atom. The van der Waals surface area contributed by atoms with E-state index in [-0.39, 0.29) is 27.8 Å². The molecule has 42 heavy (non-hydrogen) atoms. The second kappa shape index (κ2) is 11.1. The van der Waals surface area contributed by atoms with Crippen molar-refractivity contribution in [3.8, 4) is 11.4 Å². The van der Waals surface area contributed by atoms with E-state index in [0.717, 1.165) is 37.3 Å². The van der Waals surface area contributed by atoms with E-state index in [4.69, 9.17) is 16.6 Å². The number of carbonyl (C=O) groups excluding carboxylic acids is 1. The van der Waals surface area contributed by atoms with Crippen LogP contribution >= 0.6 is 34.7 Å². The molecule has 6 rings (SSSR count). The average molecular weight is 628 g/mol. The second-order valence-electron chi connectivity index (χ2n) is 10.3. The second-order valence-corrected chi connectivity index (χ2v) is 12.7. The number of thiophene rings is 1. The first-order chi connectivity index (χ1) is 20.0. The van der Waals surface area contributed by atoms with Crippen molar-refractivity contribution < 1.29 is 18.0 Å². The van der Waals surface area contributed by atoms with E-state index >= 15 is 0 Å². The Morgan fingerprint density at radius 2 is 1.76 bits per heavy atom. The van der Waals surface area contributed by atoms with Crippen LogP contribution in [0, 0.1) is 13.8 Å². The van der Waals surface area contributed by atoms with Crippen LogP contribution in [0.3, 0.4) is 0 Å². The number of ketones is 1. The molecular formula is C31H25ClF3N3O2S2. The molecule has 0 spiro atoms. The summed E-state index contributed by atoms with van der Waals surface area (Å²) in [5.41, 5.74) is 2.48. The van der Waals surface area contributed by atoms with Crippen molar-refractivity contribution in [1.82, 2.24) is 14.1 Å². The Labute approximate surface area is 253 Å². The molecule has 0 aliphatic heterocycles. The maximum atomic E-state index is 13.9. The van der Waals surface area contributed by atoms with Gasteiger partial charge in [-0.25, -0.2) is 4.98 Å². The summed E-state index contributed by atoms with van der Waals surface area (Å²) in [7, 11) is 0. The number of hydrogen-bond acceptors (Lipinski definition) is 5. The number of para-hydroxylation sites is 1. The first-order valence-electron chi connectivity index (χ1n) is 13.4. The molecule has 5 aromatic rings. The van der Waals surface area contributed by atoms with E-state index in [0.29, 0.717) is 38.0 Å². The number of nitrogens with zero attached hydrogens (tertiary/aromatic N) is 3. The topological polar surface area (TPSA) is 56.9 Å². The van der Waals surface area contributed by atoms with Gasteiger partial charge in [0, 0.05) is 27.5 Å². The number of thioether (sulfide) groups is 1. The lowest BCUT2D eigenvalue weighted by molar-refractivity contribution is -0.137. The number of aromatic nitrogens is 3. The molecule has 0 N–H and O–H groups in total. The number of hydrogen-bond donors (Lipinski definition) is 0. The molecule has 3 heterocycles. The molecule has 5 nitrogen and oxygen atoms in total. The minimum Gasteiger partial charge on any atom is -0.318 e. The fraction of sp³-hybridized carbons (Fsp3) is 0.258. The van der Waals surface area contributed by atoms with Crippen molar-refractivity contribution >= 4 is 50.7 Å². The van der Waals surface area contributed by atoms with Gasteiger partial charge in [0.25, 0.3) is 5.56 Å². The first kappa shape index (κ1) is 28.8. The number of rotatable bonds is 6. The van der Waals surface area contributed by atoms with Gasteiger partial charge in [0.15, 0.2) is 10.9 Å². The van der Waals surface area contributed by atoms with Gasteiger partial charge in [-0.2, -0.15) is 13.2 Å². The Balaban J connectivity index is 1.36. The van der Waals surface area contributed by atoms with Crippen LogP contribution < -0.4 is 5.56 Å². The van der Waals surface area contributed by atoms with Gasteiger partial charge in [-0.15, -0.1) is 11.3 Å². The van der Waals surface area contributed by atoms with E-state index in [9.17, 15) is 22.8 Å². The summed E-state index contributed by atoms with van der Waals surface area (Å²) in [5.74, 6) is -0.224. The third-order valence-electron chi connectivity index (χ3n) is 7.55. The van der Waals surface area contributed by atoms with Crippen LogP contribution in [0.4, 0.5) is 13.2 Å². The van der Waals surface area contributed by atoms with Crippen molar-refractivity contribution in [2.24, 2.45) is 0 Å². The standard InChI is InChI=1S/C31H25ClF3N3O2S2/c1-17-14-22(18(2)37(17)20-12-13-24(32)23(15-20)31(33,34)35)25(39)16-41-30-36-28-27(21-10-6-7-11-26(21)42-28)29(40)38(30)19-8-4-3-5-9-19/h3-5,8-9,12-15H,6-7,10-11,16H2,1-2H3. The molecular weight excluding hydrogens is 603 g/mol. The normalized spacial score (nSPS) is 13.5. The number of benzene rings is 2. The highest BCUT2D eigenvalue weighted by Crippen LogP contribution is 2.37. The number of halogens is 4. The molecule has 0 bridgehead atoms. The Bertz CT molecular complexity index is 1910. The third-order valence-corrected chi connectivity index (χ3v) is 10.0. The predicted octanol–water partition coefficient (Wildman–Crippen LogP) is 8.38. The average Bonchev–Trinajstić information content (AvgIpc) is 3.48. The zero-order valence-electron chi connectivity index (χ0n) is 22.7. The molecule has 0 unspecified atom stereocenters. The van der Waals surface area contributed by atoms with Crippen molar-refractivity contribution in [2.45, 2.75) is 50.9 Å². The van der Waals surface area contributed by atoms with Crippen molar-refractivity contribution in [1.29, 1.82) is 0 Å². The van der Waals surface area contributed by atoms with Crippen LogP contribution in [-0.4, -0.2) is 25.7 Å². The molecule has 1 aliphatic rings. The molecule has 0 fully saturated rings. The fourth-order valence-electron chi connectivity index (χ4n) is 5.61. The Kier molecular flexibility index (Phi) is 7.57. The van der Waals surface area contributed by atoms with Gasteiger partial charge in [0.2, 0.25) is 0 Å². The molecule has 216 valence electrons. The number of alkyl halides is 3. The molecule has 11 heteroatoms. The van der Waals surface area contributed by atoms with Crippen molar-refractivity contribution in [3.63, 3.8) is 0 Å². The number of carbonyl (C=O) groups is 1. The minimum absolute atomic E-state index is 0.00537. The van der Waals surface area contributed by atoms with Gasteiger partial charge < -0.3 is 4.57 Å². The van der Waals surface area contributed by atoms with Gasteiger partial charge >= 0.3 is 6.18 Å². The minimum atomic E-state index is -4.61. The van der Waals surface area contributed by atoms with Gasteiger partial charge in [-0.05, 0) is 81.5 Å². The molecule has 2 aromatic carbocycles. The molecule has 3 aromatic heterocycles. The summed E-state index contributed by atoms with van der Waals surface area (Å²) in [6, 6.07) is 14.6. The Morgan fingerprint density at radius 3 is 2.50 bits per heavy atom. The zero-order chi connectivity index (χ0) is 29.8. The van der Waals surface area contributed by atoms with Crippen LogP contribution in [-0.2, 0) is 19.0 Å². The maximum absolute atomic E-state index is 13.9. The molecule has 0 radical (unpaired) electrons. The highest BCUT2D eigenvalue weighted by atomic mass is 35.5. The Hall–Kier alpha value is -3.34. The third kappa shape index (κ3) is 5.09. The van der Waals surface area contributed by atoms with Crippen LogP contribution in [0.15, 0.2) is 64.5 Å². The summed E-state index contributed by atoms with van der Waals surface area (Å²) in [6.45, 7) is 3.44. The highest BCUT2D eigenvalue weighted by Gasteiger charge is 2.34. The number of fused-ring (bicyclic) bond motifs is 3. The molecule has 0 saturated carbocycles. The zero-order valence-corrected chi connectivity index (χ0v) is 25.1. The van der Waals surface area contributed by atoms with E-state index in [1.54, 1.807) is 40.4 Å². The van der Waals surface area contributed by atoms with Crippen LogP contribution in [0.2, 0.25) is 5.02 Å². The largest absolute Gasteiger partial charge is 0.417 e. The van der Waals surface area contributed by atoms with Crippen molar-refractivity contribution in [2.75, 3.05) is 5.75 Å². The monoisotopic (exact) mass is 627 g/mol. The molecule has 0 saturated heterocycles. The molecule has 0 amide bonds. The summed E-state index contributed by atoms with van der Waals surface area (Å²) in [4.78, 5) is 34.2.